The van der Waals surface area contributed by atoms with E-state index >= 15 is 0 Å². The number of hydrogen-bond acceptors (Lipinski definition) is 2. The topological polar surface area (TPSA) is 35.1 Å². The SMILES string of the molecule is CC1C=CC2=C([C@@H](C)N[S+]([O-])C(C)(C)C)C=CCC2C1. The van der Waals surface area contributed by atoms with E-state index in [0.29, 0.717) is 11.8 Å². The Balaban J connectivity index is 2.18. The zero-order chi connectivity index (χ0) is 14.9. The van der Waals surface area contributed by atoms with E-state index in [1.165, 1.54) is 17.6 Å². The maximum Gasteiger partial charge on any atom is 0.136 e. The summed E-state index contributed by atoms with van der Waals surface area (Å²) in [6.45, 7) is 10.4. The third kappa shape index (κ3) is 3.57. The standard InChI is InChI=1S/C17H27NOS/c1-12-9-10-16-14(11-12)7-6-8-15(16)13(2)18-20(19)17(3,4)5/h6,8-10,12-14,18H,7,11H2,1-5H3/t12?,13-,14?,20?/m1/s1. The van der Waals surface area contributed by atoms with E-state index in [4.69, 9.17) is 0 Å². The zero-order valence-corrected chi connectivity index (χ0v) is 14.1. The molecule has 0 aliphatic heterocycles. The fraction of sp³-hybridized carbons (Fsp3) is 0.647. The minimum atomic E-state index is -1.03. The second-order valence-corrected chi connectivity index (χ2v) is 9.04. The lowest BCUT2D eigenvalue weighted by Gasteiger charge is -2.32. The van der Waals surface area contributed by atoms with Crippen molar-refractivity contribution in [3.63, 3.8) is 0 Å². The first-order valence-corrected chi connectivity index (χ1v) is 8.71. The molecule has 3 heteroatoms. The molecule has 0 heterocycles. The number of nitrogens with one attached hydrogen (secondary N) is 1. The van der Waals surface area contributed by atoms with Crippen molar-refractivity contribution in [1.29, 1.82) is 0 Å². The molecule has 20 heavy (non-hydrogen) atoms. The first kappa shape index (κ1) is 15.9. The van der Waals surface area contributed by atoms with Crippen molar-refractivity contribution in [2.75, 3.05) is 0 Å². The van der Waals surface area contributed by atoms with Crippen molar-refractivity contribution < 1.29 is 4.55 Å². The molecule has 0 fully saturated rings. The Morgan fingerprint density at radius 3 is 2.70 bits per heavy atom. The summed E-state index contributed by atoms with van der Waals surface area (Å²) >= 11 is -1.03. The predicted molar refractivity (Wildman–Crippen MR) is 87.7 cm³/mol. The van der Waals surface area contributed by atoms with Gasteiger partial charge in [0.1, 0.15) is 4.75 Å². The van der Waals surface area contributed by atoms with Crippen LogP contribution in [-0.4, -0.2) is 15.3 Å². The van der Waals surface area contributed by atoms with Gasteiger partial charge < -0.3 is 4.55 Å². The van der Waals surface area contributed by atoms with Crippen molar-refractivity contribution in [2.45, 2.75) is 58.2 Å². The van der Waals surface area contributed by atoms with Gasteiger partial charge in [-0.3, -0.25) is 0 Å². The second-order valence-electron chi connectivity index (χ2n) is 7.04. The molecule has 0 bridgehead atoms. The van der Waals surface area contributed by atoms with Crippen LogP contribution >= 0.6 is 0 Å². The molecule has 3 unspecified atom stereocenters. The molecular formula is C17H27NOS. The molecule has 2 aliphatic carbocycles. The van der Waals surface area contributed by atoms with Gasteiger partial charge >= 0.3 is 0 Å². The normalized spacial score (nSPS) is 29.3. The minimum absolute atomic E-state index is 0.127. The highest BCUT2D eigenvalue weighted by molar-refractivity contribution is 7.90. The molecule has 2 aliphatic rings. The maximum atomic E-state index is 12.3. The lowest BCUT2D eigenvalue weighted by atomic mass is 9.76. The summed E-state index contributed by atoms with van der Waals surface area (Å²) in [4.78, 5) is 0. The first-order valence-electron chi connectivity index (χ1n) is 7.56. The van der Waals surface area contributed by atoms with Crippen LogP contribution in [0.15, 0.2) is 35.5 Å². The zero-order valence-electron chi connectivity index (χ0n) is 13.3. The Hall–Kier alpha value is -0.510. The van der Waals surface area contributed by atoms with Gasteiger partial charge in [0.05, 0.1) is 6.04 Å². The summed E-state index contributed by atoms with van der Waals surface area (Å²) in [6.07, 6.45) is 11.4. The van der Waals surface area contributed by atoms with Crippen molar-refractivity contribution >= 4 is 11.4 Å². The van der Waals surface area contributed by atoms with Gasteiger partial charge in [0.25, 0.3) is 0 Å². The summed E-state index contributed by atoms with van der Waals surface area (Å²) in [5, 5.41) is 0. The monoisotopic (exact) mass is 293 g/mol. The predicted octanol–water partition coefficient (Wildman–Crippen LogP) is 3.90. The van der Waals surface area contributed by atoms with Crippen LogP contribution in [-0.2, 0) is 11.4 Å². The first-order chi connectivity index (χ1) is 9.29. The molecule has 0 radical (unpaired) electrons. The van der Waals surface area contributed by atoms with Gasteiger partial charge in [-0.1, -0.05) is 31.2 Å². The van der Waals surface area contributed by atoms with Gasteiger partial charge in [0.2, 0.25) is 0 Å². The quantitative estimate of drug-likeness (QED) is 0.801. The molecule has 2 nitrogen and oxygen atoms in total. The van der Waals surface area contributed by atoms with E-state index in [2.05, 4.69) is 42.9 Å². The third-order valence-corrected chi connectivity index (χ3v) is 5.74. The summed E-state index contributed by atoms with van der Waals surface area (Å²) in [5.74, 6) is 1.31. The highest BCUT2D eigenvalue weighted by Crippen LogP contribution is 2.36. The van der Waals surface area contributed by atoms with Gasteiger partial charge in [-0.25, -0.2) is 0 Å². The van der Waals surface area contributed by atoms with Crippen LogP contribution in [0.5, 0.6) is 0 Å². The Labute approximate surface area is 126 Å². The highest BCUT2D eigenvalue weighted by Gasteiger charge is 2.31. The van der Waals surface area contributed by atoms with Crippen LogP contribution in [0.1, 0.15) is 47.5 Å². The Morgan fingerprint density at radius 2 is 2.05 bits per heavy atom. The van der Waals surface area contributed by atoms with Crippen molar-refractivity contribution in [3.8, 4) is 0 Å². The summed E-state index contributed by atoms with van der Waals surface area (Å²) < 4.78 is 15.3. The smallest absolute Gasteiger partial charge is 0.136 e. The molecule has 112 valence electrons. The van der Waals surface area contributed by atoms with Crippen LogP contribution < -0.4 is 4.72 Å². The molecule has 0 saturated heterocycles. The van der Waals surface area contributed by atoms with Gasteiger partial charge in [-0.2, -0.15) is 0 Å². The molecule has 2 rings (SSSR count). The second kappa shape index (κ2) is 6.08. The summed E-state index contributed by atoms with van der Waals surface area (Å²) in [5.41, 5.74) is 2.75. The van der Waals surface area contributed by atoms with Crippen LogP contribution in [0.25, 0.3) is 0 Å². The van der Waals surface area contributed by atoms with Crippen molar-refractivity contribution in [1.82, 2.24) is 4.72 Å². The minimum Gasteiger partial charge on any atom is -0.598 e. The molecule has 1 N–H and O–H groups in total. The van der Waals surface area contributed by atoms with E-state index < -0.39 is 11.4 Å². The largest absolute Gasteiger partial charge is 0.598 e. The van der Waals surface area contributed by atoms with Gasteiger partial charge in [0.15, 0.2) is 0 Å². The molecule has 0 spiro atoms. The molecule has 0 aromatic carbocycles. The van der Waals surface area contributed by atoms with Crippen LogP contribution in [0, 0.1) is 11.8 Å². The van der Waals surface area contributed by atoms with E-state index in [0.717, 1.165) is 6.42 Å². The molecule has 0 aromatic heterocycles. The van der Waals surface area contributed by atoms with E-state index in [9.17, 15) is 4.55 Å². The Morgan fingerprint density at radius 1 is 1.35 bits per heavy atom. The Bertz CT molecular complexity index is 444. The average molecular weight is 293 g/mol. The van der Waals surface area contributed by atoms with Crippen molar-refractivity contribution in [3.05, 3.63) is 35.5 Å². The summed E-state index contributed by atoms with van der Waals surface area (Å²) in [6, 6.07) is 0.127. The molecule has 0 amide bonds. The fourth-order valence-electron chi connectivity index (χ4n) is 2.86. The van der Waals surface area contributed by atoms with Crippen LogP contribution in [0.2, 0.25) is 0 Å². The number of allylic oxidation sites excluding steroid dienone is 4. The number of hydrogen-bond donors (Lipinski definition) is 1. The van der Waals surface area contributed by atoms with E-state index in [1.807, 2.05) is 20.8 Å². The van der Waals surface area contributed by atoms with Gasteiger partial charge in [-0.15, -0.1) is 4.72 Å². The molecular weight excluding hydrogens is 266 g/mol. The average Bonchev–Trinajstić information content (AvgIpc) is 2.36. The number of rotatable bonds is 3. The Kier molecular flexibility index (Phi) is 4.83. The number of fused-ring (bicyclic) bond motifs is 1. The van der Waals surface area contributed by atoms with Gasteiger partial charge in [-0.05, 0) is 63.5 Å². The van der Waals surface area contributed by atoms with Crippen LogP contribution in [0.4, 0.5) is 0 Å². The third-order valence-electron chi connectivity index (χ3n) is 4.06. The van der Waals surface area contributed by atoms with Crippen LogP contribution in [0.3, 0.4) is 0 Å². The van der Waals surface area contributed by atoms with E-state index in [-0.39, 0.29) is 10.8 Å². The highest BCUT2D eigenvalue weighted by atomic mass is 32.2. The maximum absolute atomic E-state index is 12.3. The summed E-state index contributed by atoms with van der Waals surface area (Å²) in [7, 11) is 0. The lowest BCUT2D eigenvalue weighted by Crippen LogP contribution is -2.44. The molecule has 0 aromatic rings. The molecule has 0 saturated carbocycles. The fourth-order valence-corrected chi connectivity index (χ4v) is 3.67. The van der Waals surface area contributed by atoms with Gasteiger partial charge in [0, 0.05) is 11.4 Å². The molecule has 4 atom stereocenters. The lowest BCUT2D eigenvalue weighted by molar-refractivity contribution is 0.472. The van der Waals surface area contributed by atoms with E-state index in [1.54, 1.807) is 0 Å². The van der Waals surface area contributed by atoms with Crippen molar-refractivity contribution in [2.24, 2.45) is 11.8 Å².